The van der Waals surface area contributed by atoms with Gasteiger partial charge in [-0.1, -0.05) is 18.2 Å². The number of hydrogen-bond donors (Lipinski definition) is 2. The van der Waals surface area contributed by atoms with Crippen LogP contribution in [0.2, 0.25) is 0 Å². The molecule has 0 bridgehead atoms. The van der Waals surface area contributed by atoms with Gasteiger partial charge in [0.25, 0.3) is 0 Å². The molecular weight excluding hydrogens is 392 g/mol. The van der Waals surface area contributed by atoms with E-state index in [9.17, 15) is 8.78 Å². The third-order valence-electron chi connectivity index (χ3n) is 4.29. The maximum atomic E-state index is 13.7. The van der Waals surface area contributed by atoms with Crippen molar-refractivity contribution in [1.82, 2.24) is 15.0 Å². The summed E-state index contributed by atoms with van der Waals surface area (Å²) in [6.07, 6.45) is 1.35. The molecule has 0 spiro atoms. The zero-order valence-electron chi connectivity index (χ0n) is 15.9. The van der Waals surface area contributed by atoms with E-state index in [1.54, 1.807) is 30.3 Å². The van der Waals surface area contributed by atoms with Crippen LogP contribution in [0.15, 0.2) is 53.6 Å². The van der Waals surface area contributed by atoms with Gasteiger partial charge < -0.3 is 15.0 Å². The molecule has 10 heteroatoms. The normalized spacial score (nSPS) is 14.1. The minimum Gasteiger partial charge on any atom is -0.378 e. The monoisotopic (exact) mass is 411 g/mol. The molecule has 0 saturated carbocycles. The average Bonchev–Trinajstić information content (AvgIpc) is 2.77. The molecule has 1 aliphatic rings. The lowest BCUT2D eigenvalue weighted by Gasteiger charge is -2.27. The van der Waals surface area contributed by atoms with Crippen molar-refractivity contribution in [3.8, 4) is 0 Å². The van der Waals surface area contributed by atoms with E-state index < -0.39 is 0 Å². The van der Waals surface area contributed by atoms with Gasteiger partial charge in [-0.2, -0.15) is 20.1 Å². The summed E-state index contributed by atoms with van der Waals surface area (Å²) < 4.78 is 32.3. The average molecular weight is 411 g/mol. The third-order valence-corrected chi connectivity index (χ3v) is 4.29. The summed E-state index contributed by atoms with van der Waals surface area (Å²) in [5, 5.41) is 7.06. The van der Waals surface area contributed by atoms with Crippen LogP contribution in [0.5, 0.6) is 0 Å². The van der Waals surface area contributed by atoms with Gasteiger partial charge in [0.2, 0.25) is 17.8 Å². The highest BCUT2D eigenvalue weighted by molar-refractivity contribution is 5.80. The number of anilines is 4. The number of morpholine rings is 1. The Balaban J connectivity index is 1.57. The zero-order chi connectivity index (χ0) is 20.8. The Kier molecular flexibility index (Phi) is 6.04. The summed E-state index contributed by atoms with van der Waals surface area (Å²) in [4.78, 5) is 15.1. The summed E-state index contributed by atoms with van der Waals surface area (Å²) in [6, 6.07) is 12.1. The molecule has 0 atom stereocenters. The van der Waals surface area contributed by atoms with Gasteiger partial charge in [0.15, 0.2) is 0 Å². The van der Waals surface area contributed by atoms with Crippen LogP contribution in [0, 0.1) is 11.6 Å². The van der Waals surface area contributed by atoms with Crippen LogP contribution in [-0.4, -0.2) is 47.5 Å². The van der Waals surface area contributed by atoms with E-state index in [1.807, 2.05) is 4.90 Å². The lowest BCUT2D eigenvalue weighted by atomic mass is 10.2. The van der Waals surface area contributed by atoms with E-state index in [2.05, 4.69) is 30.8 Å². The van der Waals surface area contributed by atoms with Gasteiger partial charge in [0, 0.05) is 24.3 Å². The first-order valence-electron chi connectivity index (χ1n) is 9.32. The summed E-state index contributed by atoms with van der Waals surface area (Å²) in [5.41, 5.74) is 3.67. The first-order valence-corrected chi connectivity index (χ1v) is 9.32. The first-order chi connectivity index (χ1) is 14.7. The first kappa shape index (κ1) is 19.6. The molecule has 4 rings (SSSR count). The highest BCUT2D eigenvalue weighted by atomic mass is 19.1. The fourth-order valence-electron chi connectivity index (χ4n) is 2.78. The Morgan fingerprint density at radius 2 is 1.67 bits per heavy atom. The molecular formula is C20H19F2N7O. The smallest absolute Gasteiger partial charge is 0.250 e. The molecule has 30 heavy (non-hydrogen) atoms. The number of halogens is 2. The molecule has 0 aliphatic carbocycles. The number of hydrazone groups is 1. The molecule has 0 radical (unpaired) electrons. The third kappa shape index (κ3) is 5.03. The second-order valence-electron chi connectivity index (χ2n) is 6.41. The van der Waals surface area contributed by atoms with Gasteiger partial charge in [0.1, 0.15) is 11.6 Å². The fourth-order valence-corrected chi connectivity index (χ4v) is 2.78. The van der Waals surface area contributed by atoms with Crippen molar-refractivity contribution in [2.24, 2.45) is 5.10 Å². The Labute approximate surface area is 171 Å². The number of ether oxygens (including phenoxy) is 1. The summed E-state index contributed by atoms with van der Waals surface area (Å²) in [7, 11) is 0. The molecule has 1 aliphatic heterocycles. The van der Waals surface area contributed by atoms with Gasteiger partial charge in [-0.3, -0.25) is 0 Å². The quantitative estimate of drug-likeness (QED) is 0.476. The number of benzene rings is 2. The minimum absolute atomic E-state index is 0.184. The Morgan fingerprint density at radius 1 is 0.933 bits per heavy atom. The van der Waals surface area contributed by atoms with E-state index in [0.717, 1.165) is 0 Å². The second kappa shape index (κ2) is 9.23. The highest BCUT2D eigenvalue weighted by Crippen LogP contribution is 2.19. The Morgan fingerprint density at radius 3 is 2.43 bits per heavy atom. The van der Waals surface area contributed by atoms with Crippen LogP contribution in [0.1, 0.15) is 5.56 Å². The molecule has 0 amide bonds. The predicted octanol–water partition coefficient (Wildman–Crippen LogP) is 3.18. The molecule has 154 valence electrons. The van der Waals surface area contributed by atoms with E-state index in [0.29, 0.717) is 43.5 Å². The molecule has 1 aromatic heterocycles. The number of nitrogens with one attached hydrogen (secondary N) is 2. The van der Waals surface area contributed by atoms with Crippen molar-refractivity contribution in [2.75, 3.05) is 41.9 Å². The maximum absolute atomic E-state index is 13.7. The summed E-state index contributed by atoms with van der Waals surface area (Å²) in [5.74, 6) is 0.174. The molecule has 2 heterocycles. The van der Waals surface area contributed by atoms with Crippen LogP contribution >= 0.6 is 0 Å². The summed E-state index contributed by atoms with van der Waals surface area (Å²) >= 11 is 0. The van der Waals surface area contributed by atoms with Crippen LogP contribution in [-0.2, 0) is 4.74 Å². The number of aromatic nitrogens is 3. The topological polar surface area (TPSA) is 87.6 Å². The van der Waals surface area contributed by atoms with E-state index >= 15 is 0 Å². The van der Waals surface area contributed by atoms with Crippen molar-refractivity contribution < 1.29 is 13.5 Å². The molecule has 0 unspecified atom stereocenters. The van der Waals surface area contributed by atoms with Gasteiger partial charge >= 0.3 is 0 Å². The number of nitrogens with zero attached hydrogens (tertiary/aromatic N) is 5. The molecule has 2 N–H and O–H groups in total. The van der Waals surface area contributed by atoms with Crippen LogP contribution in [0.4, 0.5) is 32.3 Å². The molecule has 1 saturated heterocycles. The highest BCUT2D eigenvalue weighted by Gasteiger charge is 2.16. The predicted molar refractivity (Wildman–Crippen MR) is 110 cm³/mol. The molecule has 2 aromatic carbocycles. The van der Waals surface area contributed by atoms with Crippen molar-refractivity contribution in [3.63, 3.8) is 0 Å². The van der Waals surface area contributed by atoms with Gasteiger partial charge in [0.05, 0.1) is 19.4 Å². The second-order valence-corrected chi connectivity index (χ2v) is 6.41. The largest absolute Gasteiger partial charge is 0.378 e. The lowest BCUT2D eigenvalue weighted by molar-refractivity contribution is 0.122. The zero-order valence-corrected chi connectivity index (χ0v) is 15.9. The van der Waals surface area contributed by atoms with Gasteiger partial charge in [-0.25, -0.2) is 14.2 Å². The van der Waals surface area contributed by atoms with Crippen molar-refractivity contribution in [3.05, 3.63) is 65.7 Å². The van der Waals surface area contributed by atoms with Crippen molar-refractivity contribution >= 4 is 29.7 Å². The molecule has 3 aromatic rings. The SMILES string of the molecule is Fc1ccc(Nc2nc(N/N=C/c3ccccc3F)nc(N3CCOCC3)n2)cc1. The Bertz CT molecular complexity index is 1020. The van der Waals surface area contributed by atoms with E-state index in [-0.39, 0.29) is 23.5 Å². The van der Waals surface area contributed by atoms with Crippen LogP contribution in [0.25, 0.3) is 0 Å². The van der Waals surface area contributed by atoms with Gasteiger partial charge in [-0.15, -0.1) is 0 Å². The van der Waals surface area contributed by atoms with Crippen LogP contribution < -0.4 is 15.6 Å². The van der Waals surface area contributed by atoms with Crippen molar-refractivity contribution in [2.45, 2.75) is 0 Å². The van der Waals surface area contributed by atoms with E-state index in [4.69, 9.17) is 4.74 Å². The minimum atomic E-state index is -0.383. The molecule has 8 nitrogen and oxygen atoms in total. The standard InChI is InChI=1S/C20H19F2N7O/c21-15-5-7-16(8-6-15)24-18-25-19(27-20(26-18)29-9-11-30-12-10-29)28-23-13-14-3-1-2-4-17(14)22/h1-8,13H,9-12H2,(H2,24,25,26,27,28)/b23-13+. The Hall–Kier alpha value is -3.66. The number of hydrogen-bond acceptors (Lipinski definition) is 8. The van der Waals surface area contributed by atoms with E-state index in [1.165, 1.54) is 24.4 Å². The lowest BCUT2D eigenvalue weighted by Crippen LogP contribution is -2.37. The van der Waals surface area contributed by atoms with Crippen LogP contribution in [0.3, 0.4) is 0 Å². The fraction of sp³-hybridized carbons (Fsp3) is 0.200. The van der Waals surface area contributed by atoms with Crippen molar-refractivity contribution in [1.29, 1.82) is 0 Å². The number of rotatable bonds is 6. The van der Waals surface area contributed by atoms with Gasteiger partial charge in [-0.05, 0) is 30.3 Å². The maximum Gasteiger partial charge on any atom is 0.250 e. The summed E-state index contributed by atoms with van der Waals surface area (Å²) in [6.45, 7) is 2.41. The molecule has 1 fully saturated rings.